The van der Waals surface area contributed by atoms with E-state index in [2.05, 4.69) is 46.4 Å². The van der Waals surface area contributed by atoms with E-state index in [0.717, 1.165) is 34.0 Å². The van der Waals surface area contributed by atoms with E-state index in [4.69, 9.17) is 0 Å². The van der Waals surface area contributed by atoms with Crippen molar-refractivity contribution in [2.75, 3.05) is 38.1 Å². The third-order valence-electron chi connectivity index (χ3n) is 8.43. The Hall–Kier alpha value is 1.25. The van der Waals surface area contributed by atoms with Crippen LogP contribution in [0.1, 0.15) is 80.1 Å². The maximum absolute atomic E-state index is 2.96. The van der Waals surface area contributed by atoms with Crippen LogP contribution in [0.15, 0.2) is 0 Å². The van der Waals surface area contributed by atoms with Gasteiger partial charge < -0.3 is 4.90 Å². The molecule has 0 spiro atoms. The molecule has 1 nitrogen and oxygen atoms in total. The van der Waals surface area contributed by atoms with Crippen LogP contribution < -0.4 is 0 Å². The summed E-state index contributed by atoms with van der Waals surface area (Å²) in [6, 6.07) is 0. The molecule has 4 heteroatoms. The summed E-state index contributed by atoms with van der Waals surface area (Å²) in [7, 11) is 0.875. The second-order valence-electron chi connectivity index (χ2n) is 10.4. The van der Waals surface area contributed by atoms with Gasteiger partial charge in [0, 0.05) is 19.6 Å². The Labute approximate surface area is 180 Å². The fourth-order valence-electron chi connectivity index (χ4n) is 6.17. The summed E-state index contributed by atoms with van der Waals surface area (Å²) in [5.74, 6) is 0. The van der Waals surface area contributed by atoms with Crippen LogP contribution in [0.25, 0.3) is 0 Å². The minimum absolute atomic E-state index is 0.292. The maximum atomic E-state index is 2.96. The molecule has 0 aromatic carbocycles. The van der Waals surface area contributed by atoms with Gasteiger partial charge in [0.15, 0.2) is 0 Å². The van der Waals surface area contributed by atoms with E-state index in [-0.39, 0.29) is 0 Å². The van der Waals surface area contributed by atoms with Crippen LogP contribution in [-0.4, -0.2) is 77.0 Å². The summed E-state index contributed by atoms with van der Waals surface area (Å²) in [5, 5.41) is 0. The predicted molar refractivity (Wildman–Crippen MR) is 136 cm³/mol. The average Bonchev–Trinajstić information content (AvgIpc) is 3.27. The molecule has 3 heterocycles. The molecule has 0 aromatic heterocycles. The highest BCUT2D eigenvalue weighted by Crippen LogP contribution is 2.57. The first-order valence-corrected chi connectivity index (χ1v) is 17.4. The summed E-state index contributed by atoms with van der Waals surface area (Å²) in [6.45, 7) is 19.6. The van der Waals surface area contributed by atoms with Gasteiger partial charge in [-0.25, -0.2) is 0 Å². The zero-order chi connectivity index (χ0) is 20.3. The predicted octanol–water partition coefficient (Wildman–Crippen LogP) is 7.45. The molecule has 0 amide bonds. The van der Waals surface area contributed by atoms with Gasteiger partial charge in [0.1, 0.15) is 0 Å². The van der Waals surface area contributed by atoms with Gasteiger partial charge >= 0.3 is 0 Å². The number of hydrogen-bond donors (Lipinski definition) is 0. The van der Waals surface area contributed by atoms with Gasteiger partial charge in [-0.05, 0) is 91.0 Å². The quantitative estimate of drug-likeness (QED) is 0.335. The van der Waals surface area contributed by atoms with Gasteiger partial charge in [0.05, 0.1) is 0 Å². The first-order valence-electron chi connectivity index (χ1n) is 12.4. The minimum Gasteiger partial charge on any atom is -0.302 e. The van der Waals surface area contributed by atoms with Gasteiger partial charge in [0.25, 0.3) is 0 Å². The van der Waals surface area contributed by atoms with Crippen LogP contribution >= 0.6 is 23.8 Å². The van der Waals surface area contributed by atoms with Gasteiger partial charge in [-0.15, -0.1) is 0 Å². The van der Waals surface area contributed by atoms with Crippen molar-refractivity contribution >= 4 is 23.8 Å². The Morgan fingerprint density at radius 2 is 0.679 bits per heavy atom. The molecule has 0 aliphatic carbocycles. The Balaban J connectivity index is 1.53. The van der Waals surface area contributed by atoms with Crippen molar-refractivity contribution in [2.24, 2.45) is 0 Å². The van der Waals surface area contributed by atoms with Gasteiger partial charge in [-0.2, -0.15) is 0 Å². The number of rotatable bonds is 9. The zero-order valence-corrected chi connectivity index (χ0v) is 22.4. The molecule has 3 saturated heterocycles. The summed E-state index contributed by atoms with van der Waals surface area (Å²) in [5.41, 5.74) is 6.20. The first kappa shape index (κ1) is 23.9. The van der Waals surface area contributed by atoms with Crippen molar-refractivity contribution in [1.29, 1.82) is 0 Å². The monoisotopic (exact) mass is 443 g/mol. The summed E-state index contributed by atoms with van der Waals surface area (Å²) in [4.78, 5) is 2.96. The molecular formula is C24H48NP3. The van der Waals surface area contributed by atoms with Gasteiger partial charge in [0.2, 0.25) is 0 Å². The molecule has 3 aliphatic rings. The average molecular weight is 444 g/mol. The highest BCUT2D eigenvalue weighted by Gasteiger charge is 2.33. The second kappa shape index (κ2) is 11.2. The Bertz CT molecular complexity index is 376. The summed E-state index contributed by atoms with van der Waals surface area (Å²) < 4.78 is 0. The summed E-state index contributed by atoms with van der Waals surface area (Å²) in [6.07, 6.45) is 13.6. The van der Waals surface area contributed by atoms with Crippen molar-refractivity contribution in [3.8, 4) is 0 Å². The highest BCUT2D eigenvalue weighted by atomic mass is 31.1. The maximum Gasteiger partial charge on any atom is 0.00211 e. The van der Waals surface area contributed by atoms with E-state index in [0.29, 0.717) is 23.8 Å². The Morgan fingerprint density at radius 3 is 0.893 bits per heavy atom. The van der Waals surface area contributed by atoms with E-state index in [1.807, 2.05) is 0 Å². The lowest BCUT2D eigenvalue weighted by Crippen LogP contribution is -2.33. The molecule has 0 N–H and O–H groups in total. The molecule has 28 heavy (non-hydrogen) atoms. The van der Waals surface area contributed by atoms with Gasteiger partial charge in [-0.3, -0.25) is 0 Å². The number of hydrogen-bond acceptors (Lipinski definition) is 1. The fourth-order valence-corrected chi connectivity index (χ4v) is 15.9. The molecule has 6 unspecified atom stereocenters. The SMILES string of the molecule is CC1CCC(C)P1CCN(CCP1C(C)CCC1C)CCP1C(C)CCC1C. The molecule has 3 rings (SSSR count). The topological polar surface area (TPSA) is 3.24 Å². The van der Waals surface area contributed by atoms with Gasteiger partial charge in [-0.1, -0.05) is 65.3 Å². The van der Waals surface area contributed by atoms with E-state index in [9.17, 15) is 0 Å². The lowest BCUT2D eigenvalue weighted by Gasteiger charge is -2.31. The largest absolute Gasteiger partial charge is 0.302 e. The van der Waals surface area contributed by atoms with Crippen LogP contribution in [0, 0.1) is 0 Å². The molecule has 164 valence electrons. The molecule has 0 radical (unpaired) electrons. The van der Waals surface area contributed by atoms with Crippen molar-refractivity contribution in [3.05, 3.63) is 0 Å². The molecule has 3 aliphatic heterocycles. The van der Waals surface area contributed by atoms with E-state index >= 15 is 0 Å². The minimum atomic E-state index is 0.292. The summed E-state index contributed by atoms with van der Waals surface area (Å²) >= 11 is 0. The normalized spacial score (nSPS) is 44.0. The van der Waals surface area contributed by atoms with Crippen LogP contribution in [0.4, 0.5) is 0 Å². The highest BCUT2D eigenvalue weighted by molar-refractivity contribution is 7.60. The molecule has 0 aromatic rings. The lowest BCUT2D eigenvalue weighted by atomic mass is 10.2. The van der Waals surface area contributed by atoms with Crippen LogP contribution in [0.5, 0.6) is 0 Å². The lowest BCUT2D eigenvalue weighted by molar-refractivity contribution is 0.326. The van der Waals surface area contributed by atoms with Crippen LogP contribution in [0.3, 0.4) is 0 Å². The standard InChI is InChI=1S/C24H48NP3/c1-19-7-8-20(2)26(19)16-13-25(14-17-27-21(3)9-10-22(27)4)15-18-28-23(5)11-12-24(28)6/h19-24H,7-18H2,1-6H3. The molecule has 3 fully saturated rings. The molecule has 6 atom stereocenters. The van der Waals surface area contributed by atoms with Crippen molar-refractivity contribution < 1.29 is 0 Å². The van der Waals surface area contributed by atoms with Crippen LogP contribution in [-0.2, 0) is 0 Å². The third-order valence-corrected chi connectivity index (χ3v) is 18.9. The fraction of sp³-hybridized carbons (Fsp3) is 1.00. The van der Waals surface area contributed by atoms with Crippen molar-refractivity contribution in [3.63, 3.8) is 0 Å². The Kier molecular flexibility index (Phi) is 9.57. The smallest absolute Gasteiger partial charge is 0.00211 e. The third kappa shape index (κ3) is 6.15. The van der Waals surface area contributed by atoms with E-state index in [1.165, 1.54) is 76.6 Å². The van der Waals surface area contributed by atoms with Crippen LogP contribution in [0.2, 0.25) is 0 Å². The van der Waals surface area contributed by atoms with E-state index < -0.39 is 0 Å². The number of nitrogens with zero attached hydrogens (tertiary/aromatic N) is 1. The first-order chi connectivity index (χ1) is 13.4. The second-order valence-corrected chi connectivity index (χ2v) is 20.1. The van der Waals surface area contributed by atoms with Crippen molar-refractivity contribution in [2.45, 2.75) is 114 Å². The molecule has 0 bridgehead atoms. The Morgan fingerprint density at radius 1 is 0.464 bits per heavy atom. The van der Waals surface area contributed by atoms with Crippen molar-refractivity contribution in [1.82, 2.24) is 4.90 Å². The molecular weight excluding hydrogens is 395 g/mol. The molecule has 0 saturated carbocycles. The van der Waals surface area contributed by atoms with E-state index in [1.54, 1.807) is 0 Å². The zero-order valence-electron chi connectivity index (χ0n) is 19.7.